The fourth-order valence-corrected chi connectivity index (χ4v) is 5.66. The quantitative estimate of drug-likeness (QED) is 0.317. The van der Waals surface area contributed by atoms with E-state index >= 15 is 0 Å². The monoisotopic (exact) mass is 593 g/mol. The molecule has 208 valence electrons. The van der Waals surface area contributed by atoms with Gasteiger partial charge < -0.3 is 10.2 Å². The van der Waals surface area contributed by atoms with E-state index in [0.717, 1.165) is 9.21 Å². The van der Waals surface area contributed by atoms with Gasteiger partial charge in [0.05, 0.1) is 20.6 Å². The summed E-state index contributed by atoms with van der Waals surface area (Å²) in [5, 5.41) is 2.81. The number of carbonyl (C=O) groups excluding carboxylic acids is 2. The number of nitrogens with one attached hydrogen (secondary N) is 1. The molecule has 7 nitrogen and oxygen atoms in total. The first-order valence-electron chi connectivity index (χ1n) is 12.3. The average molecular weight is 595 g/mol. The first kappa shape index (κ1) is 30.4. The van der Waals surface area contributed by atoms with Gasteiger partial charge in [0.1, 0.15) is 18.4 Å². The van der Waals surface area contributed by atoms with Crippen molar-refractivity contribution in [3.05, 3.63) is 94.2 Å². The Morgan fingerprint density at radius 3 is 2.21 bits per heavy atom. The summed E-state index contributed by atoms with van der Waals surface area (Å²) >= 11 is 12.6. The molecule has 3 aromatic carbocycles. The molecule has 0 bridgehead atoms. The highest BCUT2D eigenvalue weighted by atomic mass is 35.5. The highest BCUT2D eigenvalue weighted by Crippen LogP contribution is 2.35. The van der Waals surface area contributed by atoms with Crippen molar-refractivity contribution in [1.82, 2.24) is 10.2 Å². The molecule has 0 saturated carbocycles. The van der Waals surface area contributed by atoms with Gasteiger partial charge in [-0.25, -0.2) is 12.8 Å². The molecule has 39 heavy (non-hydrogen) atoms. The van der Waals surface area contributed by atoms with Gasteiger partial charge in [0.15, 0.2) is 0 Å². The van der Waals surface area contributed by atoms with Crippen LogP contribution in [0, 0.1) is 11.7 Å². The Kier molecular flexibility index (Phi) is 10.4. The van der Waals surface area contributed by atoms with Gasteiger partial charge >= 0.3 is 0 Å². The van der Waals surface area contributed by atoms with Crippen molar-refractivity contribution in [3.63, 3.8) is 0 Å². The average Bonchev–Trinajstić information content (AvgIpc) is 2.91. The Morgan fingerprint density at radius 1 is 0.923 bits per heavy atom. The van der Waals surface area contributed by atoms with Gasteiger partial charge in [-0.3, -0.25) is 13.9 Å². The lowest BCUT2D eigenvalue weighted by Crippen LogP contribution is -2.51. The predicted octanol–water partition coefficient (Wildman–Crippen LogP) is 5.52. The summed E-state index contributed by atoms with van der Waals surface area (Å²) < 4.78 is 43.0. The molecule has 0 fully saturated rings. The molecule has 3 rings (SSSR count). The Morgan fingerprint density at radius 2 is 1.56 bits per heavy atom. The lowest BCUT2D eigenvalue weighted by Gasteiger charge is -2.32. The molecule has 0 spiro atoms. The number of carbonyl (C=O) groups is 2. The second kappa shape index (κ2) is 13.3. The fraction of sp³-hybridized carbons (Fsp3) is 0.286. The third-order valence-corrected chi connectivity index (χ3v) is 8.54. The third-order valence-electron chi connectivity index (χ3n) is 5.96. The second-order valence-corrected chi connectivity index (χ2v) is 12.0. The minimum Gasteiger partial charge on any atom is -0.354 e. The number of hydrogen-bond donors (Lipinski definition) is 1. The summed E-state index contributed by atoms with van der Waals surface area (Å²) in [4.78, 5) is 27.9. The summed E-state index contributed by atoms with van der Waals surface area (Å²) in [6.07, 6.45) is 0. The van der Waals surface area contributed by atoms with Gasteiger partial charge in [0.25, 0.3) is 10.0 Å². The number of halogens is 3. The highest BCUT2D eigenvalue weighted by molar-refractivity contribution is 7.92. The number of nitrogens with zero attached hydrogens (tertiary/aromatic N) is 2. The lowest BCUT2D eigenvalue weighted by molar-refractivity contribution is -0.139. The van der Waals surface area contributed by atoms with E-state index in [1.54, 1.807) is 24.3 Å². The van der Waals surface area contributed by atoms with Crippen LogP contribution in [0.15, 0.2) is 77.7 Å². The maximum atomic E-state index is 14.6. The molecule has 0 aliphatic carbocycles. The van der Waals surface area contributed by atoms with Crippen LogP contribution in [0.1, 0.15) is 26.3 Å². The van der Waals surface area contributed by atoms with Crippen LogP contribution in [0.3, 0.4) is 0 Å². The number of anilines is 1. The molecule has 3 aromatic rings. The van der Waals surface area contributed by atoms with E-state index in [4.69, 9.17) is 23.2 Å². The van der Waals surface area contributed by atoms with Crippen molar-refractivity contribution in [2.75, 3.05) is 17.4 Å². The largest absolute Gasteiger partial charge is 0.354 e. The Bertz CT molecular complexity index is 1420. The minimum absolute atomic E-state index is 0.0101. The van der Waals surface area contributed by atoms with Crippen molar-refractivity contribution >= 4 is 50.7 Å². The second-order valence-electron chi connectivity index (χ2n) is 9.33. The smallest absolute Gasteiger partial charge is 0.264 e. The molecule has 11 heteroatoms. The number of hydrogen-bond acceptors (Lipinski definition) is 4. The van der Waals surface area contributed by atoms with Gasteiger partial charge in [0.2, 0.25) is 11.8 Å². The summed E-state index contributed by atoms with van der Waals surface area (Å²) in [5.41, 5.74) is 0.164. The van der Waals surface area contributed by atoms with Crippen LogP contribution < -0.4 is 9.62 Å². The summed E-state index contributed by atoms with van der Waals surface area (Å²) in [7, 11) is -4.30. The SMILES string of the molecule is CC(C)CNC(=O)[C@H](C)N(Cc1ccccc1F)C(=O)CN(c1cccc(Cl)c1Cl)S(=O)(=O)c1ccccc1. The third kappa shape index (κ3) is 7.50. The fourth-order valence-electron chi connectivity index (χ4n) is 3.76. The predicted molar refractivity (Wildman–Crippen MR) is 152 cm³/mol. The van der Waals surface area contributed by atoms with Crippen LogP contribution in [-0.2, 0) is 26.2 Å². The molecule has 2 amide bonds. The van der Waals surface area contributed by atoms with Crippen molar-refractivity contribution in [3.8, 4) is 0 Å². The van der Waals surface area contributed by atoms with Crippen LogP contribution >= 0.6 is 23.2 Å². The molecular formula is C28H30Cl2FN3O4S. The summed E-state index contributed by atoms with van der Waals surface area (Å²) in [6, 6.07) is 16.8. The molecule has 1 N–H and O–H groups in total. The van der Waals surface area contributed by atoms with Crippen molar-refractivity contribution in [1.29, 1.82) is 0 Å². The van der Waals surface area contributed by atoms with Gasteiger partial charge in [-0.2, -0.15) is 0 Å². The van der Waals surface area contributed by atoms with Crippen molar-refractivity contribution in [2.24, 2.45) is 5.92 Å². The van der Waals surface area contributed by atoms with E-state index in [0.29, 0.717) is 6.54 Å². The normalized spacial score (nSPS) is 12.2. The number of benzene rings is 3. The van der Waals surface area contributed by atoms with Gasteiger partial charge in [-0.05, 0) is 43.2 Å². The number of sulfonamides is 1. The molecule has 0 unspecified atom stereocenters. The lowest BCUT2D eigenvalue weighted by atomic mass is 10.1. The zero-order valence-electron chi connectivity index (χ0n) is 21.8. The zero-order valence-corrected chi connectivity index (χ0v) is 24.1. The van der Waals surface area contributed by atoms with Gasteiger partial charge in [-0.15, -0.1) is 0 Å². The number of amides is 2. The maximum absolute atomic E-state index is 14.6. The first-order valence-corrected chi connectivity index (χ1v) is 14.5. The van der Waals surface area contributed by atoms with E-state index < -0.39 is 40.2 Å². The van der Waals surface area contributed by atoms with Crippen LogP contribution in [0.5, 0.6) is 0 Å². The van der Waals surface area contributed by atoms with Crippen molar-refractivity contribution < 1.29 is 22.4 Å². The Balaban J connectivity index is 2.05. The van der Waals surface area contributed by atoms with E-state index in [9.17, 15) is 22.4 Å². The molecule has 0 saturated heterocycles. The van der Waals surface area contributed by atoms with Crippen LogP contribution in [0.4, 0.5) is 10.1 Å². The molecule has 0 radical (unpaired) electrons. The van der Waals surface area contributed by atoms with Crippen LogP contribution in [-0.4, -0.2) is 44.3 Å². The highest BCUT2D eigenvalue weighted by Gasteiger charge is 2.34. The van der Waals surface area contributed by atoms with E-state index in [1.807, 2.05) is 13.8 Å². The number of rotatable bonds is 11. The molecule has 1 atom stereocenters. The maximum Gasteiger partial charge on any atom is 0.264 e. The van der Waals surface area contributed by atoms with Gasteiger partial charge in [-0.1, -0.05) is 79.5 Å². The first-order chi connectivity index (χ1) is 18.4. The standard InChI is InChI=1S/C28H30Cl2FN3O4S/c1-19(2)16-32-28(36)20(3)33(17-21-10-7-8-14-24(21)31)26(35)18-34(25-15-9-13-23(29)27(25)30)39(37,38)22-11-5-4-6-12-22/h4-15,19-20H,16-18H2,1-3H3,(H,32,36)/t20-/m0/s1. The summed E-state index contributed by atoms with van der Waals surface area (Å²) in [5.74, 6) is -1.59. The van der Waals surface area contributed by atoms with E-state index in [2.05, 4.69) is 5.32 Å². The molecule has 0 heterocycles. The molecular weight excluding hydrogens is 564 g/mol. The van der Waals surface area contributed by atoms with E-state index in [1.165, 1.54) is 55.5 Å². The summed E-state index contributed by atoms with van der Waals surface area (Å²) in [6.45, 7) is 4.76. The Labute approximate surface area is 238 Å². The van der Waals surface area contributed by atoms with Crippen LogP contribution in [0.25, 0.3) is 0 Å². The molecule has 0 aromatic heterocycles. The molecule has 0 aliphatic rings. The minimum atomic E-state index is -4.30. The van der Waals surface area contributed by atoms with Gasteiger partial charge in [0, 0.05) is 18.7 Å². The van der Waals surface area contributed by atoms with Crippen LogP contribution in [0.2, 0.25) is 10.0 Å². The van der Waals surface area contributed by atoms with E-state index in [-0.39, 0.29) is 38.7 Å². The molecule has 0 aliphatic heterocycles. The zero-order chi connectivity index (χ0) is 28.7. The Hall–Kier alpha value is -3.14. The van der Waals surface area contributed by atoms with Crippen molar-refractivity contribution in [2.45, 2.75) is 38.3 Å². The topological polar surface area (TPSA) is 86.8 Å².